The molecule has 0 aliphatic rings. The first-order valence-corrected chi connectivity index (χ1v) is 9.90. The van der Waals surface area contributed by atoms with Crippen molar-refractivity contribution in [1.29, 1.82) is 0 Å². The van der Waals surface area contributed by atoms with E-state index in [-0.39, 0.29) is 5.91 Å². The van der Waals surface area contributed by atoms with Crippen molar-refractivity contribution in [3.63, 3.8) is 0 Å². The fourth-order valence-electron chi connectivity index (χ4n) is 2.40. The maximum absolute atomic E-state index is 12.5. The average Bonchev–Trinajstić information content (AvgIpc) is 2.61. The number of halogens is 3. The van der Waals surface area contributed by atoms with Crippen molar-refractivity contribution in [1.82, 2.24) is 5.32 Å². The number of hydrogen-bond donors (Lipinski definition) is 1. The van der Waals surface area contributed by atoms with E-state index in [1.165, 1.54) is 0 Å². The van der Waals surface area contributed by atoms with Gasteiger partial charge in [-0.1, -0.05) is 102 Å². The van der Waals surface area contributed by atoms with Crippen molar-refractivity contribution in [2.75, 3.05) is 0 Å². The lowest BCUT2D eigenvalue weighted by molar-refractivity contribution is 0.0847. The summed E-state index contributed by atoms with van der Waals surface area (Å²) in [5.74, 6) is 0.452. The molecule has 3 aromatic rings. The van der Waals surface area contributed by atoms with Crippen molar-refractivity contribution in [3.05, 3.63) is 78.4 Å². The van der Waals surface area contributed by atoms with Crippen molar-refractivity contribution in [2.45, 2.75) is 8.37 Å². The smallest absolute Gasteiger partial charge is 0.254 e. The van der Waals surface area contributed by atoms with E-state index >= 15 is 0 Å². The van der Waals surface area contributed by atoms with E-state index in [4.69, 9.17) is 4.74 Å². The molecular formula is C19H14Br3NO2. The molecule has 0 aliphatic heterocycles. The first-order valence-electron chi connectivity index (χ1n) is 7.52. The molecule has 1 amide bonds. The third-order valence-corrected chi connectivity index (χ3v) is 4.84. The van der Waals surface area contributed by atoms with Gasteiger partial charge < -0.3 is 10.1 Å². The lowest BCUT2D eigenvalue weighted by Crippen LogP contribution is -2.47. The number of rotatable bonds is 4. The highest BCUT2D eigenvalue weighted by molar-refractivity contribution is 9.39. The SMILES string of the molecule is O=C(N[C@H](Oc1cccc2ccccc12)C(Br)(Br)Br)c1ccccc1. The van der Waals surface area contributed by atoms with E-state index in [0.29, 0.717) is 11.3 Å². The lowest BCUT2D eigenvalue weighted by Gasteiger charge is -2.28. The van der Waals surface area contributed by atoms with Gasteiger partial charge in [-0.15, -0.1) is 0 Å². The Morgan fingerprint density at radius 2 is 1.52 bits per heavy atom. The lowest BCUT2D eigenvalue weighted by atomic mass is 10.1. The number of carbonyl (C=O) groups is 1. The molecule has 1 atom stereocenters. The van der Waals surface area contributed by atoms with Crippen LogP contribution in [0.1, 0.15) is 10.4 Å². The molecule has 25 heavy (non-hydrogen) atoms. The summed E-state index contributed by atoms with van der Waals surface area (Å²) in [7, 11) is 0. The molecule has 1 N–H and O–H groups in total. The Kier molecular flexibility index (Phi) is 5.81. The molecule has 0 spiro atoms. The van der Waals surface area contributed by atoms with Gasteiger partial charge in [0.05, 0.1) is 0 Å². The van der Waals surface area contributed by atoms with Crippen molar-refractivity contribution >= 4 is 64.5 Å². The molecule has 0 aliphatic carbocycles. The van der Waals surface area contributed by atoms with Crippen LogP contribution in [0.5, 0.6) is 5.75 Å². The first kappa shape index (κ1) is 18.4. The number of nitrogens with one attached hydrogen (secondary N) is 1. The van der Waals surface area contributed by atoms with E-state index in [9.17, 15) is 4.79 Å². The maximum Gasteiger partial charge on any atom is 0.254 e. The fourth-order valence-corrected chi connectivity index (χ4v) is 3.02. The summed E-state index contributed by atoms with van der Waals surface area (Å²) in [5, 5.41) is 4.92. The van der Waals surface area contributed by atoms with Crippen LogP contribution in [0.4, 0.5) is 0 Å². The Balaban J connectivity index is 1.88. The molecule has 3 nitrogen and oxygen atoms in total. The van der Waals surface area contributed by atoms with Crippen LogP contribution in [0.2, 0.25) is 0 Å². The molecule has 3 aromatic carbocycles. The predicted octanol–water partition coefficient (Wildman–Crippen LogP) is 5.81. The second-order valence-corrected chi connectivity index (χ2v) is 12.3. The first-order chi connectivity index (χ1) is 11.9. The summed E-state index contributed by atoms with van der Waals surface area (Å²) in [6, 6.07) is 22.8. The van der Waals surface area contributed by atoms with Gasteiger partial charge in [0.15, 0.2) is 2.14 Å². The van der Waals surface area contributed by atoms with Crippen LogP contribution in [0.15, 0.2) is 72.8 Å². The topological polar surface area (TPSA) is 38.3 Å². The zero-order valence-corrected chi connectivity index (χ0v) is 17.7. The highest BCUT2D eigenvalue weighted by Crippen LogP contribution is 2.39. The molecule has 128 valence electrons. The largest absolute Gasteiger partial charge is 0.467 e. The maximum atomic E-state index is 12.5. The summed E-state index contributed by atoms with van der Waals surface area (Å²) in [5.41, 5.74) is 0.561. The second-order valence-electron chi connectivity index (χ2n) is 5.36. The Bertz CT molecular complexity index is 873. The minimum atomic E-state index is -0.825. The van der Waals surface area contributed by atoms with Crippen LogP contribution >= 0.6 is 47.8 Å². The van der Waals surface area contributed by atoms with Gasteiger partial charge in [-0.3, -0.25) is 4.79 Å². The molecule has 0 saturated carbocycles. The summed E-state index contributed by atoms with van der Waals surface area (Å²) < 4.78 is 5.29. The summed E-state index contributed by atoms with van der Waals surface area (Å²) in [6.45, 7) is 0. The third-order valence-electron chi connectivity index (χ3n) is 3.59. The highest BCUT2D eigenvalue weighted by atomic mass is 80.0. The van der Waals surface area contributed by atoms with Gasteiger partial charge in [-0.25, -0.2) is 0 Å². The van der Waals surface area contributed by atoms with Gasteiger partial charge in [0.2, 0.25) is 6.23 Å². The molecule has 3 rings (SSSR count). The van der Waals surface area contributed by atoms with Crippen molar-refractivity contribution in [3.8, 4) is 5.75 Å². The molecule has 0 heterocycles. The number of alkyl halides is 3. The van der Waals surface area contributed by atoms with Crippen LogP contribution in [0.3, 0.4) is 0 Å². The van der Waals surface area contributed by atoms with Gasteiger partial charge in [0, 0.05) is 10.9 Å². The minimum Gasteiger partial charge on any atom is -0.467 e. The van der Waals surface area contributed by atoms with Crippen LogP contribution < -0.4 is 10.1 Å². The number of hydrogen-bond acceptors (Lipinski definition) is 2. The van der Waals surface area contributed by atoms with Gasteiger partial charge in [-0.05, 0) is 23.6 Å². The number of carbonyl (C=O) groups excluding carboxylic acids is 1. The molecule has 0 fully saturated rings. The molecule has 0 aromatic heterocycles. The Labute approximate surface area is 171 Å². The number of benzene rings is 3. The molecular weight excluding hydrogens is 514 g/mol. The van der Waals surface area contributed by atoms with E-state index in [1.54, 1.807) is 12.1 Å². The zero-order chi connectivity index (χ0) is 17.9. The van der Waals surface area contributed by atoms with Gasteiger partial charge in [0.25, 0.3) is 5.91 Å². The van der Waals surface area contributed by atoms with E-state index < -0.39 is 8.37 Å². The highest BCUT2D eigenvalue weighted by Gasteiger charge is 2.35. The van der Waals surface area contributed by atoms with Gasteiger partial charge in [-0.2, -0.15) is 0 Å². The Morgan fingerprint density at radius 3 is 2.24 bits per heavy atom. The third kappa shape index (κ3) is 4.63. The molecule has 0 bridgehead atoms. The Morgan fingerprint density at radius 1 is 0.880 bits per heavy atom. The minimum absolute atomic E-state index is 0.228. The predicted molar refractivity (Wildman–Crippen MR) is 112 cm³/mol. The zero-order valence-electron chi connectivity index (χ0n) is 13.0. The summed E-state index contributed by atoms with van der Waals surface area (Å²) >= 11 is 10.4. The number of ether oxygens (including phenoxy) is 1. The number of amides is 1. The van der Waals surface area contributed by atoms with Crippen LogP contribution in [0, 0.1) is 0 Å². The monoisotopic (exact) mass is 525 g/mol. The molecule has 0 saturated heterocycles. The van der Waals surface area contributed by atoms with Gasteiger partial charge >= 0.3 is 0 Å². The van der Waals surface area contributed by atoms with Crippen LogP contribution in [-0.2, 0) is 0 Å². The van der Waals surface area contributed by atoms with Crippen LogP contribution in [-0.4, -0.2) is 14.3 Å². The van der Waals surface area contributed by atoms with E-state index in [2.05, 4.69) is 53.1 Å². The van der Waals surface area contributed by atoms with E-state index in [1.807, 2.05) is 60.7 Å². The Hall–Kier alpha value is -1.37. The van der Waals surface area contributed by atoms with Gasteiger partial charge in [0.1, 0.15) is 5.75 Å². The van der Waals surface area contributed by atoms with Crippen molar-refractivity contribution in [2.24, 2.45) is 0 Å². The fraction of sp³-hybridized carbons (Fsp3) is 0.105. The number of fused-ring (bicyclic) bond motifs is 1. The normalized spacial score (nSPS) is 12.6. The molecule has 0 radical (unpaired) electrons. The standard InChI is InChI=1S/C19H14Br3NO2/c20-19(21,22)18(23-17(24)14-8-2-1-3-9-14)25-16-12-6-10-13-7-4-5-11-15(13)16/h1-12,18H,(H,23,24)/t18-/m1/s1. The molecule has 6 heteroatoms. The van der Waals surface area contributed by atoms with E-state index in [0.717, 1.165) is 10.8 Å². The summed E-state index contributed by atoms with van der Waals surface area (Å²) in [4.78, 5) is 12.5. The van der Waals surface area contributed by atoms with Crippen LogP contribution in [0.25, 0.3) is 10.8 Å². The second kappa shape index (κ2) is 7.89. The summed E-state index contributed by atoms with van der Waals surface area (Å²) in [6.07, 6.45) is -0.703. The van der Waals surface area contributed by atoms with Crippen molar-refractivity contribution < 1.29 is 9.53 Å². The molecule has 0 unspecified atom stereocenters. The average molecular weight is 528 g/mol. The quantitative estimate of drug-likeness (QED) is 0.343.